The molecule has 1 N–H and O–H groups in total. The van der Waals surface area contributed by atoms with E-state index in [1.54, 1.807) is 6.08 Å². The Kier molecular flexibility index (Phi) is 9.03. The highest BCUT2D eigenvalue weighted by Gasteiger charge is 2.16. The lowest BCUT2D eigenvalue weighted by Gasteiger charge is -2.17. The van der Waals surface area contributed by atoms with Gasteiger partial charge in [0.1, 0.15) is 18.2 Å². The topological polar surface area (TPSA) is 71.3 Å². The average Bonchev–Trinajstić information content (AvgIpc) is 2.92. The second kappa shape index (κ2) is 12.6. The van der Waals surface area contributed by atoms with E-state index in [-0.39, 0.29) is 5.57 Å². The van der Waals surface area contributed by atoms with Crippen molar-refractivity contribution < 1.29 is 14.3 Å². The molecule has 0 radical (unpaired) electrons. The van der Waals surface area contributed by atoms with Crippen molar-refractivity contribution in [1.82, 2.24) is 0 Å². The maximum absolute atomic E-state index is 12.9. The molecule has 38 heavy (non-hydrogen) atoms. The summed E-state index contributed by atoms with van der Waals surface area (Å²) >= 11 is 2.21. The maximum atomic E-state index is 12.9. The lowest BCUT2D eigenvalue weighted by Crippen LogP contribution is -2.14. The van der Waals surface area contributed by atoms with Crippen molar-refractivity contribution in [3.8, 4) is 17.6 Å². The van der Waals surface area contributed by atoms with Gasteiger partial charge in [0.15, 0.2) is 11.5 Å². The SMILES string of the molecule is CCOc1cc(/C=C(\C#N)C(=O)Nc2ccccc2CC)cc(I)c1OCc1c(C)ccc2ccccc12. The second-order valence-electron chi connectivity index (χ2n) is 8.77. The van der Waals surface area contributed by atoms with Crippen molar-refractivity contribution in [3.63, 3.8) is 0 Å². The van der Waals surface area contributed by atoms with E-state index >= 15 is 0 Å². The van der Waals surface area contributed by atoms with Gasteiger partial charge < -0.3 is 14.8 Å². The highest BCUT2D eigenvalue weighted by atomic mass is 127. The molecule has 4 aromatic carbocycles. The molecule has 0 spiro atoms. The number of fused-ring (bicyclic) bond motifs is 1. The van der Waals surface area contributed by atoms with Gasteiger partial charge in [-0.25, -0.2) is 0 Å². The molecule has 0 aliphatic rings. The summed E-state index contributed by atoms with van der Waals surface area (Å²) < 4.78 is 13.1. The first-order valence-corrected chi connectivity index (χ1v) is 13.6. The third-order valence-corrected chi connectivity index (χ3v) is 7.09. The minimum Gasteiger partial charge on any atom is -0.490 e. The number of nitriles is 1. The largest absolute Gasteiger partial charge is 0.490 e. The summed E-state index contributed by atoms with van der Waals surface area (Å²) in [5.74, 6) is 0.752. The molecule has 0 aromatic heterocycles. The van der Waals surface area contributed by atoms with Crippen LogP contribution >= 0.6 is 22.6 Å². The normalized spacial score (nSPS) is 11.2. The zero-order chi connectivity index (χ0) is 27.1. The van der Waals surface area contributed by atoms with Gasteiger partial charge >= 0.3 is 0 Å². The lowest BCUT2D eigenvalue weighted by molar-refractivity contribution is -0.112. The smallest absolute Gasteiger partial charge is 0.266 e. The molecule has 0 heterocycles. The fourth-order valence-corrected chi connectivity index (χ4v) is 5.09. The molecule has 0 atom stereocenters. The summed E-state index contributed by atoms with van der Waals surface area (Å²) in [7, 11) is 0. The molecule has 0 aliphatic heterocycles. The predicted molar refractivity (Wildman–Crippen MR) is 161 cm³/mol. The number of carbonyl (C=O) groups excluding carboxylic acids is 1. The number of nitrogens with one attached hydrogen (secondary N) is 1. The monoisotopic (exact) mass is 616 g/mol. The number of nitrogens with zero attached hydrogens (tertiary/aromatic N) is 1. The number of rotatable bonds is 9. The summed E-state index contributed by atoms with van der Waals surface area (Å²) in [6.45, 7) is 6.86. The quantitative estimate of drug-likeness (QED) is 0.118. The lowest BCUT2D eigenvalue weighted by atomic mass is 10.0. The van der Waals surface area contributed by atoms with E-state index in [1.165, 1.54) is 5.39 Å². The minimum atomic E-state index is -0.451. The molecular formula is C32H29IN2O3. The van der Waals surface area contributed by atoms with Crippen molar-refractivity contribution in [2.75, 3.05) is 11.9 Å². The van der Waals surface area contributed by atoms with Gasteiger partial charge in [-0.15, -0.1) is 0 Å². The Morgan fingerprint density at radius 2 is 1.79 bits per heavy atom. The van der Waals surface area contributed by atoms with Gasteiger partial charge in [-0.3, -0.25) is 4.79 Å². The summed E-state index contributed by atoms with van der Waals surface area (Å²) in [4.78, 5) is 12.9. The van der Waals surface area contributed by atoms with E-state index in [4.69, 9.17) is 9.47 Å². The molecule has 4 aromatic rings. The van der Waals surface area contributed by atoms with Crippen LogP contribution in [0.2, 0.25) is 0 Å². The van der Waals surface area contributed by atoms with Gasteiger partial charge in [-0.1, -0.05) is 61.5 Å². The van der Waals surface area contributed by atoms with E-state index < -0.39 is 5.91 Å². The number of hydrogen-bond donors (Lipinski definition) is 1. The van der Waals surface area contributed by atoms with Gasteiger partial charge in [0.05, 0.1) is 10.2 Å². The minimum absolute atomic E-state index is 0.00852. The van der Waals surface area contributed by atoms with Crippen LogP contribution in [0.25, 0.3) is 16.8 Å². The molecule has 1 amide bonds. The summed E-state index contributed by atoms with van der Waals surface area (Å²) in [5.41, 5.74) is 4.69. The van der Waals surface area contributed by atoms with E-state index in [1.807, 2.05) is 68.4 Å². The van der Waals surface area contributed by atoms with Crippen LogP contribution in [0.4, 0.5) is 5.69 Å². The van der Waals surface area contributed by atoms with E-state index in [0.717, 1.165) is 32.1 Å². The zero-order valence-corrected chi connectivity index (χ0v) is 23.8. The Balaban J connectivity index is 1.62. The van der Waals surface area contributed by atoms with Crippen LogP contribution in [0, 0.1) is 21.8 Å². The van der Waals surface area contributed by atoms with Crippen LogP contribution in [0.5, 0.6) is 11.5 Å². The Labute approximate surface area is 237 Å². The fourth-order valence-electron chi connectivity index (χ4n) is 4.31. The fraction of sp³-hybridized carbons (Fsp3) is 0.188. The van der Waals surface area contributed by atoms with Crippen molar-refractivity contribution in [1.29, 1.82) is 5.26 Å². The van der Waals surface area contributed by atoms with Crippen LogP contribution in [0.15, 0.2) is 78.4 Å². The number of anilines is 1. The molecule has 0 unspecified atom stereocenters. The first kappa shape index (κ1) is 27.2. The molecule has 5 nitrogen and oxygen atoms in total. The number of halogens is 1. The van der Waals surface area contributed by atoms with Gasteiger partial charge in [-0.05, 0) is 94.6 Å². The highest BCUT2D eigenvalue weighted by Crippen LogP contribution is 2.36. The van der Waals surface area contributed by atoms with Crippen molar-refractivity contribution in [3.05, 3.63) is 104 Å². The third kappa shape index (κ3) is 6.17. The van der Waals surface area contributed by atoms with Crippen LogP contribution in [0.1, 0.15) is 36.1 Å². The predicted octanol–water partition coefficient (Wildman–Crippen LogP) is 7.84. The summed E-state index contributed by atoms with van der Waals surface area (Å²) in [6, 6.07) is 25.8. The third-order valence-electron chi connectivity index (χ3n) is 6.29. The van der Waals surface area contributed by atoms with Crippen LogP contribution < -0.4 is 14.8 Å². The maximum Gasteiger partial charge on any atom is 0.266 e. The zero-order valence-electron chi connectivity index (χ0n) is 21.7. The Morgan fingerprint density at radius 3 is 2.55 bits per heavy atom. The molecule has 0 aliphatic carbocycles. The number of carbonyl (C=O) groups is 1. The van der Waals surface area contributed by atoms with Crippen LogP contribution in [-0.4, -0.2) is 12.5 Å². The molecule has 0 saturated heterocycles. The average molecular weight is 616 g/mol. The number of benzene rings is 4. The van der Waals surface area contributed by atoms with Crippen molar-refractivity contribution >= 4 is 51.0 Å². The summed E-state index contributed by atoms with van der Waals surface area (Å²) in [5, 5.41) is 14.9. The van der Waals surface area contributed by atoms with E-state index in [0.29, 0.717) is 36.0 Å². The highest BCUT2D eigenvalue weighted by molar-refractivity contribution is 14.1. The Hall–Kier alpha value is -3.83. The first-order valence-electron chi connectivity index (χ1n) is 12.5. The van der Waals surface area contributed by atoms with Crippen LogP contribution in [0.3, 0.4) is 0 Å². The molecule has 0 fully saturated rings. The van der Waals surface area contributed by atoms with Gasteiger partial charge in [0.2, 0.25) is 0 Å². The van der Waals surface area contributed by atoms with Gasteiger partial charge in [0, 0.05) is 11.3 Å². The van der Waals surface area contributed by atoms with E-state index in [9.17, 15) is 10.1 Å². The van der Waals surface area contributed by atoms with Crippen molar-refractivity contribution in [2.24, 2.45) is 0 Å². The standard InChI is InChI=1S/C32H29IN2O3/c1-4-23-10-7-9-13-29(23)35-32(36)25(19-34)16-22-17-28(33)31(30(18-22)37-5-2)38-20-27-21(3)14-15-24-11-6-8-12-26(24)27/h6-18H,4-5,20H2,1-3H3,(H,35,36)/b25-16+. The first-order chi connectivity index (χ1) is 18.4. The molecular weight excluding hydrogens is 587 g/mol. The number of para-hydroxylation sites is 1. The molecule has 0 bridgehead atoms. The number of amides is 1. The van der Waals surface area contributed by atoms with Gasteiger partial charge in [0.25, 0.3) is 5.91 Å². The number of ether oxygens (including phenoxy) is 2. The van der Waals surface area contributed by atoms with Crippen molar-refractivity contribution in [2.45, 2.75) is 33.8 Å². The molecule has 192 valence electrons. The van der Waals surface area contributed by atoms with E-state index in [2.05, 4.69) is 59.1 Å². The molecule has 0 saturated carbocycles. The number of hydrogen-bond acceptors (Lipinski definition) is 4. The van der Waals surface area contributed by atoms with Crippen LogP contribution in [-0.2, 0) is 17.8 Å². The Bertz CT molecular complexity index is 1550. The second-order valence-corrected chi connectivity index (χ2v) is 9.93. The molecule has 6 heteroatoms. The number of aryl methyl sites for hydroxylation is 2. The Morgan fingerprint density at radius 1 is 1.03 bits per heavy atom. The van der Waals surface area contributed by atoms with Gasteiger partial charge in [-0.2, -0.15) is 5.26 Å². The molecule has 4 rings (SSSR count). The summed E-state index contributed by atoms with van der Waals surface area (Å²) in [6.07, 6.45) is 2.35.